The molecule has 0 saturated carbocycles. The van der Waals surface area contributed by atoms with Crippen LogP contribution in [-0.4, -0.2) is 12.5 Å². The maximum atomic E-state index is 6.10. The quantitative estimate of drug-likeness (QED) is 0.938. The van der Waals surface area contributed by atoms with Crippen LogP contribution in [0.5, 0.6) is 0 Å². The average molecular weight is 285 g/mol. The smallest absolute Gasteiger partial charge is 0.196 e. The third-order valence-corrected chi connectivity index (χ3v) is 4.99. The maximum Gasteiger partial charge on any atom is 0.196 e. The second-order valence-electron chi connectivity index (χ2n) is 5.08. The Morgan fingerprint density at radius 2 is 2.00 bits per heavy atom. The van der Waals surface area contributed by atoms with Crippen molar-refractivity contribution in [2.24, 2.45) is 10.7 Å². The van der Waals surface area contributed by atoms with Gasteiger partial charge in [0.1, 0.15) is 0 Å². The fourth-order valence-electron chi connectivity index (χ4n) is 2.50. The summed E-state index contributed by atoms with van der Waals surface area (Å²) >= 11 is 1.86. The lowest BCUT2D eigenvalue weighted by Gasteiger charge is -2.25. The zero-order chi connectivity index (χ0) is 14.1. The van der Waals surface area contributed by atoms with Gasteiger partial charge in [0.05, 0.1) is 12.6 Å². The molecule has 1 aliphatic rings. The van der Waals surface area contributed by atoms with Crippen LogP contribution in [0.15, 0.2) is 41.4 Å². The van der Waals surface area contributed by atoms with Crippen molar-refractivity contribution in [2.45, 2.75) is 26.3 Å². The van der Waals surface area contributed by atoms with Gasteiger partial charge in [0.2, 0.25) is 0 Å². The molecule has 2 aromatic rings. The first-order valence-corrected chi connectivity index (χ1v) is 7.75. The van der Waals surface area contributed by atoms with E-state index in [-0.39, 0.29) is 6.04 Å². The summed E-state index contributed by atoms with van der Waals surface area (Å²) in [6.07, 6.45) is 1.08. The molecule has 2 N–H and O–H groups in total. The Kier molecular flexibility index (Phi) is 3.49. The number of nitrogens with two attached hydrogens (primary N) is 1. The molecule has 0 amide bonds. The Hall–Kier alpha value is -1.81. The topological polar surface area (TPSA) is 41.6 Å². The van der Waals surface area contributed by atoms with Crippen LogP contribution in [0, 0.1) is 6.92 Å². The van der Waals surface area contributed by atoms with Gasteiger partial charge in [-0.3, -0.25) is 4.99 Å². The van der Waals surface area contributed by atoms with E-state index in [1.165, 1.54) is 15.3 Å². The van der Waals surface area contributed by atoms with E-state index in [0.717, 1.165) is 18.7 Å². The maximum absolute atomic E-state index is 6.10. The molecule has 3 rings (SSSR count). The standard InChI is InChI=1S/C16H19N3S/c1-3-13-8-9-15(20-13)14-10-18-16(17)19(14)12-6-4-11(2)5-7-12/h4-9,14H,3,10H2,1-2H3,(H2,17,18). The molecule has 0 aliphatic carbocycles. The van der Waals surface area contributed by atoms with Crippen LogP contribution < -0.4 is 10.6 Å². The first kappa shape index (κ1) is 13.2. The molecule has 1 aromatic carbocycles. The Labute approximate surface area is 123 Å². The third-order valence-electron chi connectivity index (χ3n) is 3.66. The van der Waals surface area contributed by atoms with Gasteiger partial charge in [-0.2, -0.15) is 0 Å². The van der Waals surface area contributed by atoms with E-state index >= 15 is 0 Å². The highest BCUT2D eigenvalue weighted by Crippen LogP contribution is 2.34. The average Bonchev–Trinajstić information content (AvgIpc) is 3.06. The molecular weight excluding hydrogens is 266 g/mol. The van der Waals surface area contributed by atoms with Gasteiger partial charge >= 0.3 is 0 Å². The van der Waals surface area contributed by atoms with Gasteiger partial charge in [-0.05, 0) is 37.6 Å². The second-order valence-corrected chi connectivity index (χ2v) is 6.28. The number of anilines is 1. The molecule has 0 radical (unpaired) electrons. The molecule has 104 valence electrons. The van der Waals surface area contributed by atoms with E-state index in [9.17, 15) is 0 Å². The van der Waals surface area contributed by atoms with Crippen LogP contribution in [0.4, 0.5) is 5.69 Å². The van der Waals surface area contributed by atoms with E-state index in [2.05, 4.69) is 60.1 Å². The van der Waals surface area contributed by atoms with Gasteiger partial charge in [-0.25, -0.2) is 0 Å². The van der Waals surface area contributed by atoms with E-state index < -0.39 is 0 Å². The van der Waals surface area contributed by atoms with Crippen LogP contribution >= 0.6 is 11.3 Å². The Balaban J connectivity index is 1.93. The normalized spacial score (nSPS) is 18.4. The number of rotatable bonds is 3. The van der Waals surface area contributed by atoms with Gasteiger partial charge < -0.3 is 10.6 Å². The van der Waals surface area contributed by atoms with E-state index in [1.54, 1.807) is 0 Å². The minimum atomic E-state index is 0.239. The summed E-state index contributed by atoms with van der Waals surface area (Å²) in [6.45, 7) is 5.02. The number of guanidine groups is 1. The Bertz CT molecular complexity index is 627. The summed E-state index contributed by atoms with van der Waals surface area (Å²) in [7, 11) is 0. The fraction of sp³-hybridized carbons (Fsp3) is 0.312. The summed E-state index contributed by atoms with van der Waals surface area (Å²) in [5.74, 6) is 0.616. The van der Waals surface area contributed by atoms with Crippen molar-refractivity contribution in [3.8, 4) is 0 Å². The Morgan fingerprint density at radius 1 is 1.25 bits per heavy atom. The minimum absolute atomic E-state index is 0.239. The molecule has 20 heavy (non-hydrogen) atoms. The SMILES string of the molecule is CCc1ccc(C2CN=C(N)N2c2ccc(C)cc2)s1. The van der Waals surface area contributed by atoms with Gasteiger partial charge in [0, 0.05) is 15.4 Å². The first-order chi connectivity index (χ1) is 9.69. The summed E-state index contributed by atoms with van der Waals surface area (Å²) in [5, 5.41) is 0. The number of aliphatic imine (C=N–C) groups is 1. The van der Waals surface area contributed by atoms with Gasteiger partial charge in [0.25, 0.3) is 0 Å². The molecule has 1 aromatic heterocycles. The molecule has 1 unspecified atom stereocenters. The van der Waals surface area contributed by atoms with Crippen molar-refractivity contribution in [2.75, 3.05) is 11.4 Å². The van der Waals surface area contributed by atoms with Crippen LogP contribution in [0.3, 0.4) is 0 Å². The summed E-state index contributed by atoms with van der Waals surface area (Å²) in [6, 6.07) is 13.1. The molecule has 1 atom stereocenters. The molecule has 3 nitrogen and oxygen atoms in total. The summed E-state index contributed by atoms with van der Waals surface area (Å²) in [4.78, 5) is 9.33. The van der Waals surface area contributed by atoms with Crippen molar-refractivity contribution in [1.29, 1.82) is 0 Å². The number of benzene rings is 1. The number of hydrogen-bond acceptors (Lipinski definition) is 4. The predicted molar refractivity (Wildman–Crippen MR) is 86.6 cm³/mol. The lowest BCUT2D eigenvalue weighted by atomic mass is 10.1. The molecule has 4 heteroatoms. The van der Waals surface area contributed by atoms with Crippen LogP contribution in [-0.2, 0) is 6.42 Å². The fourth-order valence-corrected chi connectivity index (χ4v) is 3.53. The van der Waals surface area contributed by atoms with Crippen molar-refractivity contribution >= 4 is 23.0 Å². The van der Waals surface area contributed by atoms with Gasteiger partial charge in [-0.1, -0.05) is 24.6 Å². The molecule has 0 saturated heterocycles. The lowest BCUT2D eigenvalue weighted by molar-refractivity contribution is 0.784. The highest BCUT2D eigenvalue weighted by Gasteiger charge is 2.29. The van der Waals surface area contributed by atoms with Crippen LogP contribution in [0.1, 0.15) is 28.3 Å². The Morgan fingerprint density at radius 3 is 2.65 bits per heavy atom. The predicted octanol–water partition coefficient (Wildman–Crippen LogP) is 3.49. The zero-order valence-electron chi connectivity index (χ0n) is 11.8. The molecule has 2 heterocycles. The number of nitrogens with zero attached hydrogens (tertiary/aromatic N) is 2. The van der Waals surface area contributed by atoms with Crippen molar-refractivity contribution in [3.63, 3.8) is 0 Å². The molecule has 1 aliphatic heterocycles. The van der Waals surface area contributed by atoms with Gasteiger partial charge in [0.15, 0.2) is 5.96 Å². The largest absolute Gasteiger partial charge is 0.369 e. The molecular formula is C16H19N3S. The summed E-state index contributed by atoms with van der Waals surface area (Å²) < 4.78 is 0. The van der Waals surface area contributed by atoms with Crippen LogP contribution in [0.25, 0.3) is 0 Å². The van der Waals surface area contributed by atoms with E-state index in [0.29, 0.717) is 5.96 Å². The molecule has 0 bridgehead atoms. The second kappa shape index (κ2) is 5.29. The molecule has 0 spiro atoms. The molecule has 0 fully saturated rings. The zero-order valence-corrected chi connectivity index (χ0v) is 12.7. The number of thiophene rings is 1. The highest BCUT2D eigenvalue weighted by molar-refractivity contribution is 7.12. The third kappa shape index (κ3) is 2.31. The number of hydrogen-bond donors (Lipinski definition) is 1. The first-order valence-electron chi connectivity index (χ1n) is 6.93. The van der Waals surface area contributed by atoms with Crippen molar-refractivity contribution in [1.82, 2.24) is 0 Å². The monoisotopic (exact) mass is 285 g/mol. The summed E-state index contributed by atoms with van der Waals surface area (Å²) in [5.41, 5.74) is 8.47. The lowest BCUT2D eigenvalue weighted by Crippen LogP contribution is -2.35. The van der Waals surface area contributed by atoms with E-state index in [1.807, 2.05) is 11.3 Å². The minimum Gasteiger partial charge on any atom is -0.369 e. The van der Waals surface area contributed by atoms with Crippen molar-refractivity contribution < 1.29 is 0 Å². The van der Waals surface area contributed by atoms with Gasteiger partial charge in [-0.15, -0.1) is 11.3 Å². The highest BCUT2D eigenvalue weighted by atomic mass is 32.1. The van der Waals surface area contributed by atoms with Crippen molar-refractivity contribution in [3.05, 3.63) is 51.7 Å². The van der Waals surface area contributed by atoms with Crippen LogP contribution in [0.2, 0.25) is 0 Å². The number of aryl methyl sites for hydroxylation is 2. The van der Waals surface area contributed by atoms with E-state index in [4.69, 9.17) is 5.73 Å².